The highest BCUT2D eigenvalue weighted by Crippen LogP contribution is 2.25. The van der Waals surface area contributed by atoms with E-state index in [1.54, 1.807) is 0 Å². The molecular weight excluding hydrogens is 224 g/mol. The van der Waals surface area contributed by atoms with Crippen LogP contribution in [0, 0.1) is 13.8 Å². The Hall–Kier alpha value is -2.10. The van der Waals surface area contributed by atoms with E-state index in [4.69, 9.17) is 0 Å². The number of imidazole rings is 1. The van der Waals surface area contributed by atoms with Crippen LogP contribution in [0.3, 0.4) is 0 Å². The van der Waals surface area contributed by atoms with Crippen molar-refractivity contribution in [2.24, 2.45) is 0 Å². The van der Waals surface area contributed by atoms with Crippen LogP contribution < -0.4 is 0 Å². The molecule has 3 rings (SSSR count). The van der Waals surface area contributed by atoms with Gasteiger partial charge in [0.25, 0.3) is 0 Å². The first-order valence-electron chi connectivity index (χ1n) is 6.19. The Balaban J connectivity index is 2.19. The van der Waals surface area contributed by atoms with Crippen LogP contribution in [0.5, 0.6) is 0 Å². The minimum atomic E-state index is 0.834. The van der Waals surface area contributed by atoms with Gasteiger partial charge in [-0.15, -0.1) is 0 Å². The number of nitrogens with one attached hydrogen (secondary N) is 1. The maximum absolute atomic E-state index is 4.66. The molecule has 0 aliphatic rings. The summed E-state index contributed by atoms with van der Waals surface area (Å²) < 4.78 is 1.90. The van der Waals surface area contributed by atoms with E-state index in [1.165, 1.54) is 11.1 Å². The van der Waals surface area contributed by atoms with Crippen LogP contribution in [0.15, 0.2) is 24.4 Å². The van der Waals surface area contributed by atoms with Crippen LogP contribution in [0.25, 0.3) is 22.6 Å². The summed E-state index contributed by atoms with van der Waals surface area (Å²) in [6, 6.07) is 6.29. The Labute approximate surface area is 106 Å². The van der Waals surface area contributed by atoms with Crippen molar-refractivity contribution in [2.75, 3.05) is 0 Å². The quantitative estimate of drug-likeness (QED) is 0.748. The van der Waals surface area contributed by atoms with Crippen molar-refractivity contribution in [3.8, 4) is 11.4 Å². The van der Waals surface area contributed by atoms with Crippen molar-refractivity contribution in [1.29, 1.82) is 0 Å². The third-order valence-electron chi connectivity index (χ3n) is 3.44. The highest BCUT2D eigenvalue weighted by molar-refractivity contribution is 5.77. The first kappa shape index (κ1) is 11.0. The zero-order valence-electron chi connectivity index (χ0n) is 10.9. The number of hydrogen-bond donors (Lipinski definition) is 1. The monoisotopic (exact) mass is 240 g/mol. The molecule has 1 N–H and O–H groups in total. The largest absolute Gasteiger partial charge is 0.335 e. The van der Waals surface area contributed by atoms with Crippen molar-refractivity contribution in [3.63, 3.8) is 0 Å². The molecule has 0 bridgehead atoms. The number of H-pyrrole nitrogens is 1. The second-order valence-electron chi connectivity index (χ2n) is 4.53. The van der Waals surface area contributed by atoms with Crippen LogP contribution in [0.1, 0.15) is 18.1 Å². The first-order chi connectivity index (χ1) is 8.70. The Morgan fingerprint density at radius 1 is 1.28 bits per heavy atom. The number of aryl methyl sites for hydroxylation is 2. The van der Waals surface area contributed by atoms with Gasteiger partial charge >= 0.3 is 0 Å². The van der Waals surface area contributed by atoms with Crippen LogP contribution in [-0.4, -0.2) is 19.7 Å². The van der Waals surface area contributed by atoms with Crippen LogP contribution >= 0.6 is 0 Å². The molecule has 0 radical (unpaired) electrons. The summed E-state index contributed by atoms with van der Waals surface area (Å²) in [5.74, 6) is 0.922. The Morgan fingerprint density at radius 2 is 2.11 bits per heavy atom. The van der Waals surface area contributed by atoms with Crippen molar-refractivity contribution in [1.82, 2.24) is 19.7 Å². The van der Waals surface area contributed by atoms with Gasteiger partial charge < -0.3 is 4.98 Å². The van der Waals surface area contributed by atoms with Gasteiger partial charge in [-0.2, -0.15) is 5.10 Å². The average Bonchev–Trinajstić information content (AvgIpc) is 2.92. The number of aromatic nitrogens is 4. The second kappa shape index (κ2) is 3.98. The van der Waals surface area contributed by atoms with Gasteiger partial charge in [-0.05, 0) is 31.9 Å². The number of fused-ring (bicyclic) bond motifs is 1. The van der Waals surface area contributed by atoms with Gasteiger partial charge in [0.15, 0.2) is 5.65 Å². The Morgan fingerprint density at radius 3 is 2.89 bits per heavy atom. The molecule has 2 aromatic heterocycles. The predicted molar refractivity (Wildman–Crippen MR) is 72.5 cm³/mol. The van der Waals surface area contributed by atoms with Crippen molar-refractivity contribution in [3.05, 3.63) is 35.5 Å². The molecule has 2 heterocycles. The molecule has 0 fully saturated rings. The summed E-state index contributed by atoms with van der Waals surface area (Å²) in [4.78, 5) is 8.00. The lowest BCUT2D eigenvalue weighted by atomic mass is 10.0. The number of nitrogens with zero attached hydrogens (tertiary/aromatic N) is 3. The van der Waals surface area contributed by atoms with E-state index in [0.29, 0.717) is 0 Å². The minimum Gasteiger partial charge on any atom is -0.335 e. The van der Waals surface area contributed by atoms with E-state index >= 15 is 0 Å². The van der Waals surface area contributed by atoms with Gasteiger partial charge in [0, 0.05) is 12.1 Å². The van der Waals surface area contributed by atoms with Crippen molar-refractivity contribution >= 4 is 11.2 Å². The lowest BCUT2D eigenvalue weighted by Crippen LogP contribution is -1.96. The summed E-state index contributed by atoms with van der Waals surface area (Å²) >= 11 is 0. The minimum absolute atomic E-state index is 0.834. The standard InChI is InChI=1S/C14H16N4/c1-4-18-14-12(8-15-18)16-13(17-14)11-7-5-6-9(2)10(11)3/h5-8H,4H2,1-3H3,(H,16,17). The second-order valence-corrected chi connectivity index (χ2v) is 4.53. The highest BCUT2D eigenvalue weighted by Gasteiger charge is 2.11. The topological polar surface area (TPSA) is 46.5 Å². The van der Waals surface area contributed by atoms with Crippen molar-refractivity contribution in [2.45, 2.75) is 27.3 Å². The van der Waals surface area contributed by atoms with Crippen LogP contribution in [0.4, 0.5) is 0 Å². The first-order valence-corrected chi connectivity index (χ1v) is 6.19. The lowest BCUT2D eigenvalue weighted by Gasteiger charge is -2.05. The number of benzene rings is 1. The molecule has 92 valence electrons. The molecule has 0 saturated heterocycles. The van der Waals surface area contributed by atoms with Gasteiger partial charge in [-0.1, -0.05) is 18.2 Å². The SMILES string of the molecule is CCn1ncc2[nH]c(-c3cccc(C)c3C)nc21. The molecule has 1 aromatic carbocycles. The number of aromatic amines is 1. The van der Waals surface area contributed by atoms with E-state index in [2.05, 4.69) is 54.0 Å². The summed E-state index contributed by atoms with van der Waals surface area (Å²) in [6.07, 6.45) is 1.83. The smallest absolute Gasteiger partial charge is 0.176 e. The lowest BCUT2D eigenvalue weighted by molar-refractivity contribution is 0.677. The summed E-state index contributed by atoms with van der Waals surface area (Å²) in [5, 5.41) is 4.27. The molecule has 3 aromatic rings. The fourth-order valence-electron chi connectivity index (χ4n) is 2.21. The van der Waals surface area contributed by atoms with Crippen LogP contribution in [-0.2, 0) is 6.54 Å². The molecule has 0 amide bonds. The average molecular weight is 240 g/mol. The number of hydrogen-bond acceptors (Lipinski definition) is 2. The highest BCUT2D eigenvalue weighted by atomic mass is 15.3. The summed E-state index contributed by atoms with van der Waals surface area (Å²) in [5.41, 5.74) is 5.63. The third kappa shape index (κ3) is 1.53. The molecule has 0 spiro atoms. The molecule has 0 aliphatic heterocycles. The number of rotatable bonds is 2. The normalized spacial score (nSPS) is 11.3. The molecular formula is C14H16N4. The van der Waals surface area contributed by atoms with Crippen LogP contribution in [0.2, 0.25) is 0 Å². The Kier molecular flexibility index (Phi) is 2.44. The fourth-order valence-corrected chi connectivity index (χ4v) is 2.21. The van der Waals surface area contributed by atoms with Crippen molar-refractivity contribution < 1.29 is 0 Å². The molecule has 4 heteroatoms. The van der Waals surface area contributed by atoms with E-state index in [9.17, 15) is 0 Å². The summed E-state index contributed by atoms with van der Waals surface area (Å²) in [7, 11) is 0. The van der Waals surface area contributed by atoms with E-state index in [-0.39, 0.29) is 0 Å². The van der Waals surface area contributed by atoms with Gasteiger partial charge in [-0.3, -0.25) is 0 Å². The van der Waals surface area contributed by atoms with Gasteiger partial charge in [0.2, 0.25) is 0 Å². The zero-order chi connectivity index (χ0) is 12.7. The predicted octanol–water partition coefficient (Wildman–Crippen LogP) is 3.06. The molecule has 4 nitrogen and oxygen atoms in total. The molecule has 0 atom stereocenters. The van der Waals surface area contributed by atoms with Gasteiger partial charge in [0.1, 0.15) is 11.3 Å². The third-order valence-corrected chi connectivity index (χ3v) is 3.44. The van der Waals surface area contributed by atoms with Gasteiger partial charge in [-0.25, -0.2) is 9.67 Å². The van der Waals surface area contributed by atoms with Gasteiger partial charge in [0.05, 0.1) is 6.20 Å². The zero-order valence-corrected chi connectivity index (χ0v) is 10.9. The molecule has 18 heavy (non-hydrogen) atoms. The fraction of sp³-hybridized carbons (Fsp3) is 0.286. The molecule has 0 saturated carbocycles. The van der Waals surface area contributed by atoms with E-state index in [0.717, 1.165) is 29.1 Å². The summed E-state index contributed by atoms with van der Waals surface area (Å²) in [6.45, 7) is 7.15. The molecule has 0 aliphatic carbocycles. The van der Waals surface area contributed by atoms with E-state index < -0.39 is 0 Å². The van der Waals surface area contributed by atoms with E-state index in [1.807, 2.05) is 10.9 Å². The molecule has 0 unspecified atom stereocenters. The Bertz CT molecular complexity index is 706. The maximum Gasteiger partial charge on any atom is 0.176 e. The maximum atomic E-state index is 4.66.